The second kappa shape index (κ2) is 1.96. The van der Waals surface area contributed by atoms with Crippen LogP contribution in [0.2, 0.25) is 0 Å². The Hall–Kier alpha value is -0.140. The molecule has 4 atom stereocenters. The number of rotatable bonds is 0. The highest BCUT2D eigenvalue weighted by atomic mass is 19.3. The maximum atomic E-state index is 12.9. The first-order valence-electron chi connectivity index (χ1n) is 4.43. The van der Waals surface area contributed by atoms with Crippen molar-refractivity contribution in [1.29, 1.82) is 0 Å². The van der Waals surface area contributed by atoms with Crippen molar-refractivity contribution in [3.8, 4) is 0 Å². The molecule has 0 aliphatic heterocycles. The molecule has 0 aromatic carbocycles. The third-order valence-electron chi connectivity index (χ3n) is 3.66. The number of halogens is 2. The van der Waals surface area contributed by atoms with Crippen LogP contribution in [-0.2, 0) is 0 Å². The molecule has 0 aromatic rings. The molecule has 2 saturated carbocycles. The van der Waals surface area contributed by atoms with Gasteiger partial charge in [0.1, 0.15) is 0 Å². The SMILES string of the molecule is CC1CCC2C(C1C)C2(F)F. The molecule has 2 rings (SSSR count). The monoisotopic (exact) mass is 160 g/mol. The van der Waals surface area contributed by atoms with Crippen LogP contribution in [0.15, 0.2) is 0 Å². The molecule has 11 heavy (non-hydrogen) atoms. The van der Waals surface area contributed by atoms with Gasteiger partial charge < -0.3 is 0 Å². The van der Waals surface area contributed by atoms with Gasteiger partial charge in [0.25, 0.3) is 5.92 Å². The first-order valence-corrected chi connectivity index (χ1v) is 4.43. The van der Waals surface area contributed by atoms with E-state index in [0.717, 1.165) is 12.8 Å². The maximum Gasteiger partial charge on any atom is 0.254 e. The molecule has 0 saturated heterocycles. The van der Waals surface area contributed by atoms with Gasteiger partial charge in [0.15, 0.2) is 0 Å². The summed E-state index contributed by atoms with van der Waals surface area (Å²) in [6, 6.07) is 0. The third-order valence-corrected chi connectivity index (χ3v) is 3.66. The van der Waals surface area contributed by atoms with E-state index in [1.165, 1.54) is 0 Å². The van der Waals surface area contributed by atoms with E-state index in [1.54, 1.807) is 0 Å². The van der Waals surface area contributed by atoms with Gasteiger partial charge in [-0.15, -0.1) is 0 Å². The van der Waals surface area contributed by atoms with E-state index in [1.807, 2.05) is 6.92 Å². The second-order valence-electron chi connectivity index (χ2n) is 4.22. The molecule has 0 spiro atoms. The van der Waals surface area contributed by atoms with Crippen LogP contribution in [-0.4, -0.2) is 5.92 Å². The Labute approximate surface area is 66.0 Å². The van der Waals surface area contributed by atoms with Crippen molar-refractivity contribution in [2.24, 2.45) is 23.7 Å². The summed E-state index contributed by atoms with van der Waals surface area (Å²) in [6.45, 7) is 4.07. The fraction of sp³-hybridized carbons (Fsp3) is 1.00. The number of fused-ring (bicyclic) bond motifs is 1. The highest BCUT2D eigenvalue weighted by molar-refractivity contribution is 5.10. The Kier molecular flexibility index (Phi) is 1.34. The lowest BCUT2D eigenvalue weighted by atomic mass is 9.82. The lowest BCUT2D eigenvalue weighted by Gasteiger charge is -2.22. The van der Waals surface area contributed by atoms with Crippen molar-refractivity contribution in [2.45, 2.75) is 32.6 Å². The highest BCUT2D eigenvalue weighted by Crippen LogP contribution is 2.65. The molecular weight excluding hydrogens is 146 g/mol. The summed E-state index contributed by atoms with van der Waals surface area (Å²) in [6.07, 6.45) is 1.75. The van der Waals surface area contributed by atoms with Crippen LogP contribution in [0.5, 0.6) is 0 Å². The van der Waals surface area contributed by atoms with Crippen LogP contribution in [0, 0.1) is 23.7 Å². The first kappa shape index (κ1) is 7.51. The Morgan fingerprint density at radius 2 is 1.82 bits per heavy atom. The summed E-state index contributed by atoms with van der Waals surface area (Å²) in [7, 11) is 0. The van der Waals surface area contributed by atoms with Crippen LogP contribution in [0.1, 0.15) is 26.7 Å². The molecule has 2 fully saturated rings. The molecule has 2 aliphatic carbocycles. The standard InChI is InChI=1S/C9H14F2/c1-5-3-4-7-8(6(5)2)9(7,10)11/h5-8H,3-4H2,1-2H3. The largest absolute Gasteiger partial charge is 0.254 e. The molecule has 4 unspecified atom stereocenters. The van der Waals surface area contributed by atoms with Crippen LogP contribution < -0.4 is 0 Å². The Bertz CT molecular complexity index is 176. The number of hydrogen-bond acceptors (Lipinski definition) is 0. The summed E-state index contributed by atoms with van der Waals surface area (Å²) in [5.41, 5.74) is 0. The van der Waals surface area contributed by atoms with Gasteiger partial charge in [-0.05, 0) is 24.7 Å². The minimum Gasteiger partial charge on any atom is -0.206 e. The Morgan fingerprint density at radius 1 is 1.18 bits per heavy atom. The van der Waals surface area contributed by atoms with E-state index in [-0.39, 0.29) is 17.8 Å². The summed E-state index contributed by atoms with van der Waals surface area (Å²) in [4.78, 5) is 0. The molecular formula is C9H14F2. The molecule has 0 bridgehead atoms. The molecule has 0 N–H and O–H groups in total. The molecule has 0 heterocycles. The van der Waals surface area contributed by atoms with E-state index in [0.29, 0.717) is 5.92 Å². The van der Waals surface area contributed by atoms with Gasteiger partial charge in [0.2, 0.25) is 0 Å². The van der Waals surface area contributed by atoms with Crippen molar-refractivity contribution in [3.63, 3.8) is 0 Å². The van der Waals surface area contributed by atoms with Crippen molar-refractivity contribution in [2.75, 3.05) is 0 Å². The smallest absolute Gasteiger partial charge is 0.206 e. The molecule has 64 valence electrons. The minimum absolute atomic E-state index is 0.240. The average molecular weight is 160 g/mol. The predicted octanol–water partition coefficient (Wildman–Crippen LogP) is 2.93. The summed E-state index contributed by atoms with van der Waals surface area (Å²) in [5, 5.41) is 0. The van der Waals surface area contributed by atoms with E-state index < -0.39 is 5.92 Å². The Balaban J connectivity index is 2.12. The zero-order chi connectivity index (χ0) is 8.22. The predicted molar refractivity (Wildman–Crippen MR) is 39.5 cm³/mol. The molecule has 0 nitrogen and oxygen atoms in total. The van der Waals surface area contributed by atoms with Crippen LogP contribution in [0.4, 0.5) is 8.78 Å². The highest BCUT2D eigenvalue weighted by Gasteiger charge is 2.70. The molecule has 0 radical (unpaired) electrons. The molecule has 0 aromatic heterocycles. The minimum atomic E-state index is -2.30. The first-order chi connectivity index (χ1) is 5.05. The van der Waals surface area contributed by atoms with Gasteiger partial charge in [-0.3, -0.25) is 0 Å². The normalized spacial score (nSPS) is 53.5. The van der Waals surface area contributed by atoms with Gasteiger partial charge in [-0.25, -0.2) is 8.78 Å². The summed E-state index contributed by atoms with van der Waals surface area (Å²) in [5.74, 6) is -2.09. The lowest BCUT2D eigenvalue weighted by Crippen LogP contribution is -2.16. The number of hydrogen-bond donors (Lipinski definition) is 0. The number of alkyl halides is 2. The van der Waals surface area contributed by atoms with E-state index in [9.17, 15) is 8.78 Å². The topological polar surface area (TPSA) is 0 Å². The van der Waals surface area contributed by atoms with Crippen LogP contribution in [0.3, 0.4) is 0 Å². The van der Waals surface area contributed by atoms with Gasteiger partial charge in [-0.2, -0.15) is 0 Å². The zero-order valence-corrected chi connectivity index (χ0v) is 6.98. The van der Waals surface area contributed by atoms with E-state index >= 15 is 0 Å². The molecule has 0 amide bonds. The van der Waals surface area contributed by atoms with Gasteiger partial charge >= 0.3 is 0 Å². The van der Waals surface area contributed by atoms with Crippen LogP contribution in [0.25, 0.3) is 0 Å². The van der Waals surface area contributed by atoms with Crippen molar-refractivity contribution in [3.05, 3.63) is 0 Å². The lowest BCUT2D eigenvalue weighted by molar-refractivity contribution is 0.0760. The van der Waals surface area contributed by atoms with Gasteiger partial charge in [0, 0.05) is 11.8 Å². The van der Waals surface area contributed by atoms with Crippen molar-refractivity contribution >= 4 is 0 Å². The fourth-order valence-electron chi connectivity index (χ4n) is 2.56. The average Bonchev–Trinajstić information content (AvgIpc) is 2.46. The van der Waals surface area contributed by atoms with Crippen LogP contribution >= 0.6 is 0 Å². The summed E-state index contributed by atoms with van der Waals surface area (Å²) >= 11 is 0. The van der Waals surface area contributed by atoms with Crippen molar-refractivity contribution < 1.29 is 8.78 Å². The maximum absolute atomic E-state index is 12.9. The fourth-order valence-corrected chi connectivity index (χ4v) is 2.56. The zero-order valence-electron chi connectivity index (χ0n) is 6.98. The van der Waals surface area contributed by atoms with E-state index in [2.05, 4.69) is 6.92 Å². The summed E-state index contributed by atoms with van der Waals surface area (Å²) < 4.78 is 25.9. The second-order valence-corrected chi connectivity index (χ2v) is 4.22. The Morgan fingerprint density at radius 3 is 2.36 bits per heavy atom. The van der Waals surface area contributed by atoms with E-state index in [4.69, 9.17) is 0 Å². The third kappa shape index (κ3) is 0.844. The quantitative estimate of drug-likeness (QED) is 0.511. The molecule has 2 aliphatic rings. The molecule has 2 heteroatoms. The van der Waals surface area contributed by atoms with Gasteiger partial charge in [0.05, 0.1) is 0 Å². The van der Waals surface area contributed by atoms with Crippen molar-refractivity contribution in [1.82, 2.24) is 0 Å². The van der Waals surface area contributed by atoms with Gasteiger partial charge in [-0.1, -0.05) is 13.8 Å².